The van der Waals surface area contributed by atoms with Crippen LogP contribution < -0.4 is 5.56 Å². The minimum atomic E-state index is -0.202. The number of nitrogens with one attached hydrogen (secondary N) is 2. The number of hydrogen-bond acceptors (Lipinski definition) is 3. The van der Waals surface area contributed by atoms with E-state index >= 15 is 0 Å². The largest absolute Gasteiger partial charge is 0.342 e. The van der Waals surface area contributed by atoms with Gasteiger partial charge in [-0.15, -0.1) is 0 Å². The molecule has 0 aliphatic carbocycles. The van der Waals surface area contributed by atoms with Crippen LogP contribution in [0, 0.1) is 6.92 Å². The van der Waals surface area contributed by atoms with Crippen molar-refractivity contribution >= 4 is 11.0 Å². The summed E-state index contributed by atoms with van der Waals surface area (Å²) < 4.78 is 0. The quantitative estimate of drug-likeness (QED) is 0.662. The number of hydrogen-bond donors (Lipinski definition) is 2. The Hall–Kier alpha value is -2.43. The molecule has 0 radical (unpaired) electrons. The fraction of sp³-hybridized carbons (Fsp3) is 0.0833. The summed E-state index contributed by atoms with van der Waals surface area (Å²) in [5, 5.41) is 6.41. The molecule has 0 saturated heterocycles. The Balaban J connectivity index is 2.17. The van der Waals surface area contributed by atoms with Crippen molar-refractivity contribution in [2.24, 2.45) is 0 Å². The Morgan fingerprint density at radius 3 is 2.82 bits per heavy atom. The lowest BCUT2D eigenvalue weighted by Crippen LogP contribution is -2.05. The average molecular weight is 226 g/mol. The van der Waals surface area contributed by atoms with Crippen LogP contribution in [0.3, 0.4) is 0 Å². The molecule has 5 nitrogen and oxygen atoms in total. The fourth-order valence-corrected chi connectivity index (χ4v) is 1.80. The van der Waals surface area contributed by atoms with E-state index in [1.807, 2.05) is 25.1 Å². The molecule has 3 rings (SSSR count). The van der Waals surface area contributed by atoms with E-state index in [2.05, 4.69) is 20.2 Å². The zero-order valence-electron chi connectivity index (χ0n) is 9.19. The van der Waals surface area contributed by atoms with Crippen LogP contribution in [0.4, 0.5) is 0 Å². The predicted octanol–water partition coefficient (Wildman–Crippen LogP) is 1.62. The molecule has 5 heteroatoms. The van der Waals surface area contributed by atoms with Crippen molar-refractivity contribution in [2.45, 2.75) is 6.92 Å². The van der Waals surface area contributed by atoms with Gasteiger partial charge in [0.1, 0.15) is 5.82 Å². The molecular weight excluding hydrogens is 216 g/mol. The summed E-state index contributed by atoms with van der Waals surface area (Å²) in [7, 11) is 0. The van der Waals surface area contributed by atoms with Crippen molar-refractivity contribution < 1.29 is 0 Å². The first-order valence-corrected chi connectivity index (χ1v) is 5.25. The molecule has 0 atom stereocenters. The first-order valence-electron chi connectivity index (χ1n) is 5.25. The molecular formula is C12H10N4O. The van der Waals surface area contributed by atoms with E-state index in [1.54, 1.807) is 6.07 Å². The standard InChI is InChI=1S/C12H10N4O/c1-7-13-10-3-2-8(6-11(10)14-7)9-4-5-12(17)16-15-9/h2-6H,1H3,(H,13,14)(H,16,17). The topological polar surface area (TPSA) is 74.4 Å². The molecule has 84 valence electrons. The summed E-state index contributed by atoms with van der Waals surface area (Å²) in [5.74, 6) is 0.881. The van der Waals surface area contributed by atoms with Crippen molar-refractivity contribution in [2.75, 3.05) is 0 Å². The molecule has 0 aliphatic heterocycles. The maximum atomic E-state index is 10.9. The van der Waals surface area contributed by atoms with E-state index in [-0.39, 0.29) is 5.56 Å². The molecule has 17 heavy (non-hydrogen) atoms. The lowest BCUT2D eigenvalue weighted by Gasteiger charge is -1.98. The maximum absolute atomic E-state index is 10.9. The summed E-state index contributed by atoms with van der Waals surface area (Å²) >= 11 is 0. The van der Waals surface area contributed by atoms with Gasteiger partial charge in [0.15, 0.2) is 0 Å². The number of fused-ring (bicyclic) bond motifs is 1. The van der Waals surface area contributed by atoms with Crippen molar-refractivity contribution in [1.82, 2.24) is 20.2 Å². The van der Waals surface area contributed by atoms with Crippen LogP contribution in [0.25, 0.3) is 22.3 Å². The van der Waals surface area contributed by atoms with Crippen molar-refractivity contribution in [3.63, 3.8) is 0 Å². The highest BCUT2D eigenvalue weighted by molar-refractivity contribution is 5.80. The summed E-state index contributed by atoms with van der Waals surface area (Å²) in [4.78, 5) is 18.4. The number of rotatable bonds is 1. The van der Waals surface area contributed by atoms with Crippen LogP contribution in [0.1, 0.15) is 5.82 Å². The number of benzene rings is 1. The maximum Gasteiger partial charge on any atom is 0.264 e. The van der Waals surface area contributed by atoms with Gasteiger partial charge in [0.2, 0.25) is 0 Å². The fourth-order valence-electron chi connectivity index (χ4n) is 1.80. The molecule has 0 bridgehead atoms. The van der Waals surface area contributed by atoms with Gasteiger partial charge < -0.3 is 4.98 Å². The Bertz CT molecular complexity index is 721. The molecule has 0 unspecified atom stereocenters. The van der Waals surface area contributed by atoms with E-state index in [4.69, 9.17) is 0 Å². The smallest absolute Gasteiger partial charge is 0.264 e. The normalized spacial score (nSPS) is 10.9. The van der Waals surface area contributed by atoms with Crippen LogP contribution in [-0.4, -0.2) is 20.2 Å². The molecule has 0 saturated carbocycles. The molecule has 0 fully saturated rings. The van der Waals surface area contributed by atoms with Crippen molar-refractivity contribution in [1.29, 1.82) is 0 Å². The average Bonchev–Trinajstić information content (AvgIpc) is 2.69. The Morgan fingerprint density at radius 2 is 2.06 bits per heavy atom. The summed E-state index contributed by atoms with van der Waals surface area (Å²) in [6, 6.07) is 8.99. The second-order valence-corrected chi connectivity index (χ2v) is 3.86. The van der Waals surface area contributed by atoms with Gasteiger partial charge in [0.05, 0.1) is 16.7 Å². The molecule has 0 spiro atoms. The van der Waals surface area contributed by atoms with E-state index in [9.17, 15) is 4.79 Å². The van der Waals surface area contributed by atoms with Gasteiger partial charge in [-0.25, -0.2) is 10.1 Å². The van der Waals surface area contributed by atoms with Crippen LogP contribution in [-0.2, 0) is 0 Å². The zero-order chi connectivity index (χ0) is 11.8. The summed E-state index contributed by atoms with van der Waals surface area (Å²) in [5.41, 5.74) is 3.37. The number of imidazole rings is 1. The van der Waals surface area contributed by atoms with Crippen molar-refractivity contribution in [3.8, 4) is 11.3 Å². The van der Waals surface area contributed by atoms with E-state index in [0.29, 0.717) is 0 Å². The molecule has 2 heterocycles. The van der Waals surface area contributed by atoms with Crippen LogP contribution in [0.15, 0.2) is 35.1 Å². The first-order chi connectivity index (χ1) is 8.22. The van der Waals surface area contributed by atoms with E-state index in [1.165, 1.54) is 6.07 Å². The molecule has 0 aliphatic rings. The summed E-state index contributed by atoms with van der Waals surface area (Å²) in [6.45, 7) is 1.91. The molecule has 1 aromatic carbocycles. The van der Waals surface area contributed by atoms with E-state index < -0.39 is 0 Å². The second-order valence-electron chi connectivity index (χ2n) is 3.86. The van der Waals surface area contributed by atoms with Gasteiger partial charge in [0.25, 0.3) is 5.56 Å². The minimum Gasteiger partial charge on any atom is -0.342 e. The van der Waals surface area contributed by atoms with Crippen molar-refractivity contribution in [3.05, 3.63) is 46.5 Å². The van der Waals surface area contributed by atoms with Crippen LogP contribution in [0.5, 0.6) is 0 Å². The van der Waals surface area contributed by atoms with Crippen LogP contribution in [0.2, 0.25) is 0 Å². The SMILES string of the molecule is Cc1nc2ccc(-c3ccc(=O)[nH]n3)cc2[nH]1. The third-order valence-corrected chi connectivity index (χ3v) is 2.58. The lowest BCUT2D eigenvalue weighted by atomic mass is 10.1. The highest BCUT2D eigenvalue weighted by Crippen LogP contribution is 2.20. The van der Waals surface area contributed by atoms with Gasteiger partial charge in [-0.3, -0.25) is 4.79 Å². The summed E-state index contributed by atoms with van der Waals surface area (Å²) in [6.07, 6.45) is 0. The van der Waals surface area contributed by atoms with Gasteiger partial charge >= 0.3 is 0 Å². The first kappa shape index (κ1) is 9.77. The monoisotopic (exact) mass is 226 g/mol. The number of aromatic nitrogens is 4. The lowest BCUT2D eigenvalue weighted by molar-refractivity contribution is 0.995. The highest BCUT2D eigenvalue weighted by Gasteiger charge is 2.03. The van der Waals surface area contributed by atoms with Gasteiger partial charge in [-0.1, -0.05) is 6.07 Å². The van der Waals surface area contributed by atoms with E-state index in [0.717, 1.165) is 28.1 Å². The third kappa shape index (κ3) is 1.71. The number of H-pyrrole nitrogens is 2. The highest BCUT2D eigenvalue weighted by atomic mass is 16.1. The van der Waals surface area contributed by atoms with Gasteiger partial charge in [-0.05, 0) is 25.1 Å². The molecule has 2 N–H and O–H groups in total. The second kappa shape index (κ2) is 3.55. The van der Waals surface area contributed by atoms with Crippen LogP contribution >= 0.6 is 0 Å². The number of nitrogens with zero attached hydrogens (tertiary/aromatic N) is 2. The Kier molecular flexibility index (Phi) is 2.04. The van der Waals surface area contributed by atoms with Gasteiger partial charge in [0, 0.05) is 11.6 Å². The zero-order valence-corrected chi connectivity index (χ0v) is 9.19. The predicted molar refractivity (Wildman–Crippen MR) is 64.7 cm³/mol. The Morgan fingerprint density at radius 1 is 1.18 bits per heavy atom. The number of aromatic amines is 2. The van der Waals surface area contributed by atoms with Gasteiger partial charge in [-0.2, -0.15) is 5.10 Å². The molecule has 3 aromatic rings. The minimum absolute atomic E-state index is 0.202. The third-order valence-electron chi connectivity index (χ3n) is 2.58. The molecule has 0 amide bonds. The molecule has 2 aromatic heterocycles. The number of aryl methyl sites for hydroxylation is 1. The Labute approximate surface area is 96.5 Å².